The van der Waals surface area contributed by atoms with Crippen LogP contribution in [0.1, 0.15) is 6.92 Å². The Morgan fingerprint density at radius 1 is 1.53 bits per heavy atom. The average molecular weight is 244 g/mol. The van der Waals surface area contributed by atoms with E-state index in [0.717, 1.165) is 0 Å². The highest BCUT2D eigenvalue weighted by Crippen LogP contribution is 2.30. The molecule has 2 aliphatic rings. The number of nitrogens with two attached hydrogens (primary N) is 1. The minimum absolute atomic E-state index is 0.0372. The van der Waals surface area contributed by atoms with Crippen LogP contribution in [0.4, 0.5) is 0 Å². The third-order valence-corrected chi connectivity index (χ3v) is 3.71. The summed E-state index contributed by atoms with van der Waals surface area (Å²) in [4.78, 5) is 14.2. The van der Waals surface area contributed by atoms with E-state index in [0.29, 0.717) is 33.0 Å². The summed E-state index contributed by atoms with van der Waals surface area (Å²) in [6.45, 7) is 3.91. The summed E-state index contributed by atoms with van der Waals surface area (Å²) in [7, 11) is 0. The van der Waals surface area contributed by atoms with Gasteiger partial charge in [0.1, 0.15) is 0 Å². The summed E-state index contributed by atoms with van der Waals surface area (Å²) in [6, 6.07) is -0.543. The van der Waals surface area contributed by atoms with Gasteiger partial charge in [-0.3, -0.25) is 4.79 Å². The number of aliphatic hydroxyl groups is 1. The van der Waals surface area contributed by atoms with E-state index >= 15 is 0 Å². The van der Waals surface area contributed by atoms with Crippen molar-refractivity contribution in [2.75, 3.05) is 39.6 Å². The smallest absolute Gasteiger partial charge is 0.233 e. The van der Waals surface area contributed by atoms with Gasteiger partial charge in [0.15, 0.2) is 0 Å². The van der Waals surface area contributed by atoms with Gasteiger partial charge in [-0.15, -0.1) is 0 Å². The number of morpholine rings is 1. The molecule has 0 aromatic rings. The fourth-order valence-corrected chi connectivity index (χ4v) is 2.31. The molecule has 3 unspecified atom stereocenters. The quantitative estimate of drug-likeness (QED) is 0.622. The SMILES string of the molecule is CC1(C(=O)N2CCOCC2CO)COCC1N. The predicted molar refractivity (Wildman–Crippen MR) is 60.3 cm³/mol. The summed E-state index contributed by atoms with van der Waals surface area (Å²) < 4.78 is 10.5. The second-order valence-corrected chi connectivity index (χ2v) is 4.95. The number of rotatable bonds is 2. The largest absolute Gasteiger partial charge is 0.394 e. The van der Waals surface area contributed by atoms with Crippen LogP contribution in [0.25, 0.3) is 0 Å². The Balaban J connectivity index is 2.12. The van der Waals surface area contributed by atoms with Gasteiger partial charge in [0, 0.05) is 12.6 Å². The van der Waals surface area contributed by atoms with E-state index in [9.17, 15) is 9.90 Å². The molecule has 0 aliphatic carbocycles. The Labute approximate surface area is 101 Å². The molecule has 98 valence electrons. The van der Waals surface area contributed by atoms with Crippen molar-refractivity contribution in [2.24, 2.45) is 11.1 Å². The lowest BCUT2D eigenvalue weighted by atomic mass is 9.83. The predicted octanol–water partition coefficient (Wildman–Crippen LogP) is -1.43. The van der Waals surface area contributed by atoms with Gasteiger partial charge in [-0.1, -0.05) is 0 Å². The maximum Gasteiger partial charge on any atom is 0.233 e. The number of carbonyl (C=O) groups is 1. The molecule has 3 N–H and O–H groups in total. The van der Waals surface area contributed by atoms with E-state index in [2.05, 4.69) is 0 Å². The lowest BCUT2D eigenvalue weighted by Crippen LogP contribution is -2.58. The van der Waals surface area contributed by atoms with Crippen molar-refractivity contribution in [1.29, 1.82) is 0 Å². The maximum absolute atomic E-state index is 12.5. The van der Waals surface area contributed by atoms with Crippen LogP contribution in [0.2, 0.25) is 0 Å². The lowest BCUT2D eigenvalue weighted by Gasteiger charge is -2.40. The molecule has 6 nitrogen and oxygen atoms in total. The Bertz CT molecular complexity index is 299. The normalized spacial score (nSPS) is 38.4. The van der Waals surface area contributed by atoms with Crippen molar-refractivity contribution in [3.63, 3.8) is 0 Å². The van der Waals surface area contributed by atoms with Gasteiger partial charge in [0.05, 0.1) is 44.5 Å². The highest BCUT2D eigenvalue weighted by molar-refractivity contribution is 5.84. The van der Waals surface area contributed by atoms with Crippen LogP contribution >= 0.6 is 0 Å². The van der Waals surface area contributed by atoms with Crippen LogP contribution < -0.4 is 5.73 Å². The van der Waals surface area contributed by atoms with E-state index in [1.54, 1.807) is 4.90 Å². The zero-order valence-corrected chi connectivity index (χ0v) is 10.1. The maximum atomic E-state index is 12.5. The second kappa shape index (κ2) is 4.89. The minimum atomic E-state index is -0.676. The van der Waals surface area contributed by atoms with E-state index < -0.39 is 5.41 Å². The summed E-state index contributed by atoms with van der Waals surface area (Å²) in [6.07, 6.45) is 0. The molecule has 6 heteroatoms. The van der Waals surface area contributed by atoms with Crippen molar-refractivity contribution in [1.82, 2.24) is 4.90 Å². The average Bonchev–Trinajstić information content (AvgIpc) is 2.70. The summed E-state index contributed by atoms with van der Waals surface area (Å²) >= 11 is 0. The summed E-state index contributed by atoms with van der Waals surface area (Å²) in [5.41, 5.74) is 5.27. The molecule has 1 amide bonds. The third-order valence-electron chi connectivity index (χ3n) is 3.71. The first-order chi connectivity index (χ1) is 8.09. The Hall–Kier alpha value is -0.690. The fourth-order valence-electron chi connectivity index (χ4n) is 2.31. The van der Waals surface area contributed by atoms with Gasteiger partial charge in [-0.25, -0.2) is 0 Å². The van der Waals surface area contributed by atoms with Gasteiger partial charge in [0.2, 0.25) is 5.91 Å². The van der Waals surface area contributed by atoms with Crippen LogP contribution in [-0.2, 0) is 14.3 Å². The Morgan fingerprint density at radius 3 is 2.88 bits per heavy atom. The van der Waals surface area contributed by atoms with Gasteiger partial charge in [-0.2, -0.15) is 0 Å². The zero-order chi connectivity index (χ0) is 12.5. The van der Waals surface area contributed by atoms with Gasteiger partial charge in [0.25, 0.3) is 0 Å². The standard InChI is InChI=1S/C11H20N2O4/c1-11(7-17-6-9(11)12)10(15)13-2-3-16-5-8(13)4-14/h8-9,14H,2-7,12H2,1H3. The number of amides is 1. The number of carbonyl (C=O) groups excluding carboxylic acids is 1. The van der Waals surface area contributed by atoms with E-state index in [-0.39, 0.29) is 24.6 Å². The first-order valence-electron chi connectivity index (χ1n) is 5.92. The Morgan fingerprint density at radius 2 is 2.29 bits per heavy atom. The molecule has 0 aromatic carbocycles. The lowest BCUT2D eigenvalue weighted by molar-refractivity contribution is -0.152. The van der Waals surface area contributed by atoms with Crippen LogP contribution in [0.5, 0.6) is 0 Å². The highest BCUT2D eigenvalue weighted by atomic mass is 16.5. The van der Waals surface area contributed by atoms with Crippen LogP contribution in [0.15, 0.2) is 0 Å². The van der Waals surface area contributed by atoms with Crippen LogP contribution in [-0.4, -0.2) is 67.6 Å². The molecule has 2 aliphatic heterocycles. The molecule has 0 aromatic heterocycles. The molecule has 0 saturated carbocycles. The molecule has 2 saturated heterocycles. The van der Waals surface area contributed by atoms with Crippen molar-refractivity contribution in [3.05, 3.63) is 0 Å². The first-order valence-corrected chi connectivity index (χ1v) is 5.92. The minimum Gasteiger partial charge on any atom is -0.394 e. The number of aliphatic hydroxyl groups excluding tert-OH is 1. The first kappa shape index (κ1) is 12.8. The van der Waals surface area contributed by atoms with E-state index in [1.165, 1.54) is 0 Å². The van der Waals surface area contributed by atoms with Crippen molar-refractivity contribution >= 4 is 5.91 Å². The number of nitrogens with zero attached hydrogens (tertiary/aromatic N) is 1. The van der Waals surface area contributed by atoms with Crippen LogP contribution in [0.3, 0.4) is 0 Å². The molecule has 17 heavy (non-hydrogen) atoms. The van der Waals surface area contributed by atoms with Gasteiger partial charge < -0.3 is 25.2 Å². The molecular weight excluding hydrogens is 224 g/mol. The van der Waals surface area contributed by atoms with Gasteiger partial charge in [-0.05, 0) is 6.92 Å². The molecule has 2 fully saturated rings. The summed E-state index contributed by atoms with van der Waals surface area (Å²) in [5, 5.41) is 9.27. The second-order valence-electron chi connectivity index (χ2n) is 4.95. The van der Waals surface area contributed by atoms with Gasteiger partial charge >= 0.3 is 0 Å². The van der Waals surface area contributed by atoms with Crippen molar-refractivity contribution in [2.45, 2.75) is 19.0 Å². The summed E-state index contributed by atoms with van der Waals surface area (Å²) in [5.74, 6) is -0.0372. The molecule has 2 rings (SSSR count). The van der Waals surface area contributed by atoms with E-state index in [1.807, 2.05) is 6.92 Å². The molecule has 0 radical (unpaired) electrons. The fraction of sp³-hybridized carbons (Fsp3) is 0.909. The van der Waals surface area contributed by atoms with Crippen molar-refractivity contribution in [3.8, 4) is 0 Å². The zero-order valence-electron chi connectivity index (χ0n) is 10.1. The van der Waals surface area contributed by atoms with Crippen LogP contribution in [0, 0.1) is 5.41 Å². The number of hydrogen-bond acceptors (Lipinski definition) is 5. The van der Waals surface area contributed by atoms with Crippen molar-refractivity contribution < 1.29 is 19.4 Å². The molecule has 3 atom stereocenters. The molecule has 2 heterocycles. The van der Waals surface area contributed by atoms with E-state index in [4.69, 9.17) is 15.2 Å². The highest BCUT2D eigenvalue weighted by Gasteiger charge is 2.47. The molecule has 0 bridgehead atoms. The number of ether oxygens (including phenoxy) is 2. The topological polar surface area (TPSA) is 85.0 Å². The third kappa shape index (κ3) is 2.18. The monoisotopic (exact) mass is 244 g/mol. The molecular formula is C11H20N2O4. The Kier molecular flexibility index (Phi) is 3.67. The number of hydrogen-bond donors (Lipinski definition) is 2. The molecule has 0 spiro atoms.